The fourth-order valence-corrected chi connectivity index (χ4v) is 2.41. The number of nitrogens with zero attached hydrogens (tertiary/aromatic N) is 1. The van der Waals surface area contributed by atoms with Crippen LogP contribution in [0.3, 0.4) is 0 Å². The van der Waals surface area contributed by atoms with Crippen molar-refractivity contribution in [2.24, 2.45) is 4.99 Å². The fraction of sp³-hybridized carbons (Fsp3) is 0.250. The minimum absolute atomic E-state index is 0.0184. The molecule has 0 radical (unpaired) electrons. The van der Waals surface area contributed by atoms with Crippen LogP contribution < -0.4 is 9.47 Å². The number of ether oxygens (including phenoxy) is 2. The summed E-state index contributed by atoms with van der Waals surface area (Å²) >= 11 is 0. The summed E-state index contributed by atoms with van der Waals surface area (Å²) in [6.45, 7) is 1.45. The SMILES string of the molecule is COc1ccc(OCC2=CN=C(C)S2(=O)=O)cc1. The summed E-state index contributed by atoms with van der Waals surface area (Å²) in [5.74, 6) is 1.30. The first-order valence-electron chi connectivity index (χ1n) is 5.29. The van der Waals surface area contributed by atoms with Gasteiger partial charge in [0, 0.05) is 6.20 Å². The van der Waals surface area contributed by atoms with Crippen LogP contribution in [0.1, 0.15) is 6.92 Å². The number of methoxy groups -OCH3 is 1. The maximum Gasteiger partial charge on any atom is 0.220 e. The van der Waals surface area contributed by atoms with Crippen LogP contribution in [0.5, 0.6) is 11.5 Å². The van der Waals surface area contributed by atoms with Crippen molar-refractivity contribution in [1.29, 1.82) is 0 Å². The molecular formula is C12H13NO4S. The smallest absolute Gasteiger partial charge is 0.220 e. The van der Waals surface area contributed by atoms with Gasteiger partial charge in [-0.3, -0.25) is 0 Å². The van der Waals surface area contributed by atoms with Crippen LogP contribution in [0.25, 0.3) is 0 Å². The average molecular weight is 267 g/mol. The van der Waals surface area contributed by atoms with E-state index in [1.165, 1.54) is 13.1 Å². The minimum Gasteiger partial charge on any atom is -0.497 e. The summed E-state index contributed by atoms with van der Waals surface area (Å²) in [5, 5.41) is 0.107. The highest BCUT2D eigenvalue weighted by Gasteiger charge is 2.26. The molecule has 0 saturated carbocycles. The Labute approximate surface area is 106 Å². The zero-order valence-corrected chi connectivity index (χ0v) is 10.9. The Morgan fingerprint density at radius 2 is 1.78 bits per heavy atom. The molecule has 1 aliphatic heterocycles. The Hall–Kier alpha value is -1.82. The molecule has 18 heavy (non-hydrogen) atoms. The molecule has 0 aromatic heterocycles. The van der Waals surface area contributed by atoms with Gasteiger partial charge in [-0.25, -0.2) is 13.4 Å². The summed E-state index contributed by atoms with van der Waals surface area (Å²) in [6, 6.07) is 6.92. The lowest BCUT2D eigenvalue weighted by atomic mass is 10.3. The van der Waals surface area contributed by atoms with Gasteiger partial charge in [0.2, 0.25) is 9.84 Å². The number of aliphatic imine (C=N–C) groups is 1. The zero-order valence-electron chi connectivity index (χ0n) is 10.1. The molecule has 0 spiro atoms. The Morgan fingerprint density at radius 3 is 2.28 bits per heavy atom. The fourth-order valence-electron chi connectivity index (χ4n) is 1.43. The first-order chi connectivity index (χ1) is 8.54. The van der Waals surface area contributed by atoms with Crippen LogP contribution in [-0.2, 0) is 9.84 Å². The average Bonchev–Trinajstić information content (AvgIpc) is 2.63. The van der Waals surface area contributed by atoms with Crippen LogP contribution in [-0.4, -0.2) is 27.2 Å². The Kier molecular flexibility index (Phi) is 3.38. The molecule has 0 unspecified atom stereocenters. The topological polar surface area (TPSA) is 65.0 Å². The van der Waals surface area contributed by atoms with Crippen molar-refractivity contribution in [1.82, 2.24) is 0 Å². The summed E-state index contributed by atoms with van der Waals surface area (Å²) < 4.78 is 33.8. The van der Waals surface area contributed by atoms with Gasteiger partial charge in [0.1, 0.15) is 28.1 Å². The van der Waals surface area contributed by atoms with Crippen molar-refractivity contribution < 1.29 is 17.9 Å². The van der Waals surface area contributed by atoms with E-state index in [2.05, 4.69) is 4.99 Å². The van der Waals surface area contributed by atoms with Gasteiger partial charge in [-0.2, -0.15) is 0 Å². The molecule has 5 nitrogen and oxygen atoms in total. The van der Waals surface area contributed by atoms with Crippen molar-refractivity contribution in [3.05, 3.63) is 35.4 Å². The highest BCUT2D eigenvalue weighted by Crippen LogP contribution is 2.21. The van der Waals surface area contributed by atoms with Crippen LogP contribution in [0.4, 0.5) is 0 Å². The molecule has 1 aromatic rings. The number of benzene rings is 1. The van der Waals surface area contributed by atoms with E-state index < -0.39 is 9.84 Å². The second kappa shape index (κ2) is 4.81. The second-order valence-electron chi connectivity index (χ2n) is 3.71. The monoisotopic (exact) mass is 267 g/mol. The number of rotatable bonds is 4. The third-order valence-electron chi connectivity index (χ3n) is 2.56. The summed E-state index contributed by atoms with van der Waals surface area (Å²) in [7, 11) is -1.81. The molecule has 1 aromatic carbocycles. The minimum atomic E-state index is -3.39. The first-order valence-corrected chi connectivity index (χ1v) is 6.78. The van der Waals surface area contributed by atoms with E-state index in [9.17, 15) is 8.42 Å². The molecule has 2 rings (SSSR count). The number of hydrogen-bond donors (Lipinski definition) is 0. The quantitative estimate of drug-likeness (QED) is 0.833. The normalized spacial score (nSPS) is 17.0. The van der Waals surface area contributed by atoms with Gasteiger partial charge in [0.25, 0.3) is 0 Å². The molecule has 1 heterocycles. The molecule has 0 aliphatic carbocycles. The lowest BCUT2D eigenvalue weighted by molar-refractivity contribution is 0.356. The van der Waals surface area contributed by atoms with Crippen molar-refractivity contribution in [2.45, 2.75) is 6.92 Å². The van der Waals surface area contributed by atoms with E-state index in [0.717, 1.165) is 0 Å². The van der Waals surface area contributed by atoms with Gasteiger partial charge >= 0.3 is 0 Å². The van der Waals surface area contributed by atoms with Gasteiger partial charge in [0.05, 0.1) is 7.11 Å². The van der Waals surface area contributed by atoms with E-state index in [1.807, 2.05) is 0 Å². The van der Waals surface area contributed by atoms with E-state index >= 15 is 0 Å². The largest absolute Gasteiger partial charge is 0.497 e. The molecule has 0 amide bonds. The van der Waals surface area contributed by atoms with Crippen molar-refractivity contribution >= 4 is 14.9 Å². The van der Waals surface area contributed by atoms with Gasteiger partial charge in [-0.1, -0.05) is 0 Å². The number of hydrogen-bond acceptors (Lipinski definition) is 5. The highest BCUT2D eigenvalue weighted by atomic mass is 32.2. The molecule has 0 atom stereocenters. The molecule has 1 aliphatic rings. The Morgan fingerprint density at radius 1 is 1.17 bits per heavy atom. The second-order valence-corrected chi connectivity index (χ2v) is 5.83. The summed E-state index contributed by atoms with van der Waals surface area (Å²) in [5.41, 5.74) is 0. The van der Waals surface area contributed by atoms with Gasteiger partial charge in [0.15, 0.2) is 0 Å². The van der Waals surface area contributed by atoms with Crippen molar-refractivity contribution in [3.8, 4) is 11.5 Å². The maximum absolute atomic E-state index is 11.7. The number of sulfone groups is 1. The molecule has 6 heteroatoms. The molecule has 0 fully saturated rings. The third kappa shape index (κ3) is 2.38. The molecular weight excluding hydrogens is 254 g/mol. The van der Waals surface area contributed by atoms with Crippen LogP contribution in [0.15, 0.2) is 40.4 Å². The molecule has 0 bridgehead atoms. The molecule has 0 N–H and O–H groups in total. The van der Waals surface area contributed by atoms with E-state index in [0.29, 0.717) is 11.5 Å². The molecule has 0 saturated heterocycles. The maximum atomic E-state index is 11.7. The van der Waals surface area contributed by atoms with Crippen LogP contribution >= 0.6 is 0 Å². The van der Waals surface area contributed by atoms with E-state index in [4.69, 9.17) is 9.47 Å². The molecule has 96 valence electrons. The van der Waals surface area contributed by atoms with Crippen LogP contribution in [0, 0.1) is 0 Å². The zero-order chi connectivity index (χ0) is 13.2. The first kappa shape index (κ1) is 12.6. The van der Waals surface area contributed by atoms with Crippen molar-refractivity contribution in [3.63, 3.8) is 0 Å². The summed E-state index contributed by atoms with van der Waals surface area (Å²) in [4.78, 5) is 3.95. The Balaban J connectivity index is 2.01. The van der Waals surface area contributed by atoms with Gasteiger partial charge in [-0.15, -0.1) is 0 Å². The Bertz CT molecular complexity index is 599. The van der Waals surface area contributed by atoms with Gasteiger partial charge < -0.3 is 9.47 Å². The van der Waals surface area contributed by atoms with Crippen molar-refractivity contribution in [2.75, 3.05) is 13.7 Å². The third-order valence-corrected chi connectivity index (χ3v) is 4.36. The predicted octanol–water partition coefficient (Wildman–Crippen LogP) is 1.76. The van der Waals surface area contributed by atoms with E-state index in [1.54, 1.807) is 31.4 Å². The standard InChI is InChI=1S/C12H13NO4S/c1-9-13-7-12(18(9,14)15)8-17-11-5-3-10(16-2)4-6-11/h3-7H,8H2,1-2H3. The van der Waals surface area contributed by atoms with Gasteiger partial charge in [-0.05, 0) is 31.2 Å². The highest BCUT2D eigenvalue weighted by molar-refractivity contribution is 8.09. The summed E-state index contributed by atoms with van der Waals surface area (Å²) in [6.07, 6.45) is 1.33. The lowest BCUT2D eigenvalue weighted by Crippen LogP contribution is -2.14. The van der Waals surface area contributed by atoms with E-state index in [-0.39, 0.29) is 16.6 Å². The predicted molar refractivity (Wildman–Crippen MR) is 68.6 cm³/mol. The lowest BCUT2D eigenvalue weighted by Gasteiger charge is -2.07. The van der Waals surface area contributed by atoms with Crippen LogP contribution in [0.2, 0.25) is 0 Å².